The highest BCUT2D eigenvalue weighted by molar-refractivity contribution is 9.10. The van der Waals surface area contributed by atoms with Gasteiger partial charge < -0.3 is 4.42 Å². The fourth-order valence-corrected chi connectivity index (χ4v) is 2.03. The second-order valence-corrected chi connectivity index (χ2v) is 4.48. The summed E-state index contributed by atoms with van der Waals surface area (Å²) >= 11 is 3.44. The smallest absolute Gasteiger partial charge is 0.248 e. The quantitative estimate of drug-likeness (QED) is 0.782. The molecule has 14 heavy (non-hydrogen) atoms. The van der Waals surface area contributed by atoms with Crippen molar-refractivity contribution in [2.45, 2.75) is 25.2 Å². The Morgan fingerprint density at radius 1 is 1.43 bits per heavy atom. The first-order valence-corrected chi connectivity index (χ1v) is 5.55. The summed E-state index contributed by atoms with van der Waals surface area (Å²) in [6, 6.07) is 1.88. The summed E-state index contributed by atoms with van der Waals surface area (Å²) in [5.41, 5.74) is 1.48. The Hall–Kier alpha value is -0.900. The molecule has 2 aromatic heterocycles. The Morgan fingerprint density at radius 3 is 2.93 bits per heavy atom. The van der Waals surface area contributed by atoms with Gasteiger partial charge in [-0.3, -0.25) is 0 Å². The highest BCUT2D eigenvalue weighted by Gasteiger charge is 2.25. The molecule has 0 amide bonds. The normalized spacial score (nSPS) is 17.2. The molecule has 2 aromatic rings. The van der Waals surface area contributed by atoms with Crippen molar-refractivity contribution in [1.29, 1.82) is 0 Å². The average molecular weight is 253 g/mol. The van der Waals surface area contributed by atoms with Crippen LogP contribution in [0.5, 0.6) is 0 Å². The number of halogens is 1. The molecule has 0 unspecified atom stereocenters. The van der Waals surface area contributed by atoms with Gasteiger partial charge in [-0.2, -0.15) is 0 Å². The van der Waals surface area contributed by atoms with Gasteiger partial charge in [0.15, 0.2) is 0 Å². The van der Waals surface area contributed by atoms with Gasteiger partial charge in [0.1, 0.15) is 5.52 Å². The SMILES string of the molecule is Brc1ccnc2oc(C3CCC3)nc12. The monoisotopic (exact) mass is 252 g/mol. The molecule has 0 radical (unpaired) electrons. The fraction of sp³-hybridized carbons (Fsp3) is 0.400. The number of fused-ring (bicyclic) bond motifs is 1. The molecule has 0 saturated heterocycles. The van der Waals surface area contributed by atoms with E-state index in [9.17, 15) is 0 Å². The number of nitrogens with zero attached hydrogens (tertiary/aromatic N) is 2. The Morgan fingerprint density at radius 2 is 2.29 bits per heavy atom. The first-order chi connectivity index (χ1) is 6.84. The van der Waals surface area contributed by atoms with Gasteiger partial charge in [-0.1, -0.05) is 6.42 Å². The van der Waals surface area contributed by atoms with Crippen molar-refractivity contribution in [3.05, 3.63) is 22.6 Å². The van der Waals surface area contributed by atoms with Crippen LogP contribution in [0.25, 0.3) is 11.2 Å². The van der Waals surface area contributed by atoms with Crippen LogP contribution in [-0.2, 0) is 0 Å². The molecule has 0 aliphatic heterocycles. The largest absolute Gasteiger partial charge is 0.422 e. The van der Waals surface area contributed by atoms with E-state index in [4.69, 9.17) is 4.42 Å². The van der Waals surface area contributed by atoms with Gasteiger partial charge in [0.25, 0.3) is 0 Å². The van der Waals surface area contributed by atoms with E-state index in [0.717, 1.165) is 15.9 Å². The van der Waals surface area contributed by atoms with Crippen molar-refractivity contribution in [2.75, 3.05) is 0 Å². The maximum atomic E-state index is 5.60. The molecule has 1 saturated carbocycles. The van der Waals surface area contributed by atoms with Crippen molar-refractivity contribution in [3.63, 3.8) is 0 Å². The minimum absolute atomic E-state index is 0.524. The van der Waals surface area contributed by atoms with E-state index < -0.39 is 0 Å². The molecule has 0 bridgehead atoms. The van der Waals surface area contributed by atoms with Gasteiger partial charge in [-0.25, -0.2) is 9.97 Å². The number of oxazole rings is 1. The fourth-order valence-electron chi connectivity index (χ4n) is 1.65. The summed E-state index contributed by atoms with van der Waals surface area (Å²) in [5, 5.41) is 0. The molecule has 72 valence electrons. The zero-order chi connectivity index (χ0) is 9.54. The predicted octanol–water partition coefficient (Wildman–Crippen LogP) is 3.25. The lowest BCUT2D eigenvalue weighted by molar-refractivity contribution is 0.342. The molecule has 4 heteroatoms. The summed E-state index contributed by atoms with van der Waals surface area (Å²) in [6.45, 7) is 0. The van der Waals surface area contributed by atoms with Crippen LogP contribution in [0.2, 0.25) is 0 Å². The summed E-state index contributed by atoms with van der Waals surface area (Å²) in [5.74, 6) is 1.38. The second kappa shape index (κ2) is 3.05. The lowest BCUT2D eigenvalue weighted by Gasteiger charge is -2.21. The van der Waals surface area contributed by atoms with Crippen LogP contribution in [0, 0.1) is 0 Å². The lowest BCUT2D eigenvalue weighted by Crippen LogP contribution is -2.08. The third-order valence-corrected chi connectivity index (χ3v) is 3.36. The third kappa shape index (κ3) is 1.17. The Bertz CT molecular complexity index is 476. The van der Waals surface area contributed by atoms with Gasteiger partial charge in [0.2, 0.25) is 11.6 Å². The van der Waals surface area contributed by atoms with Gasteiger partial charge in [0, 0.05) is 12.1 Å². The predicted molar refractivity (Wildman–Crippen MR) is 56.1 cm³/mol. The molecule has 1 aliphatic carbocycles. The van der Waals surface area contributed by atoms with Crippen molar-refractivity contribution >= 4 is 27.2 Å². The van der Waals surface area contributed by atoms with Crippen molar-refractivity contribution in [1.82, 2.24) is 9.97 Å². The van der Waals surface area contributed by atoms with E-state index >= 15 is 0 Å². The number of aromatic nitrogens is 2. The van der Waals surface area contributed by atoms with Crippen LogP contribution in [0.4, 0.5) is 0 Å². The zero-order valence-electron chi connectivity index (χ0n) is 7.53. The third-order valence-electron chi connectivity index (χ3n) is 2.72. The number of pyridine rings is 1. The summed E-state index contributed by atoms with van der Waals surface area (Å²) in [7, 11) is 0. The molecule has 0 N–H and O–H groups in total. The molecular weight excluding hydrogens is 244 g/mol. The Balaban J connectivity index is 2.15. The topological polar surface area (TPSA) is 38.9 Å². The van der Waals surface area contributed by atoms with Gasteiger partial charge in [0.05, 0.1) is 4.47 Å². The summed E-state index contributed by atoms with van der Waals surface area (Å²) in [4.78, 5) is 8.60. The van der Waals surface area contributed by atoms with Gasteiger partial charge in [-0.15, -0.1) is 0 Å². The molecule has 0 atom stereocenters. The van der Waals surface area contributed by atoms with Crippen molar-refractivity contribution < 1.29 is 4.42 Å². The molecule has 1 aliphatic rings. The van der Waals surface area contributed by atoms with E-state index in [-0.39, 0.29) is 0 Å². The zero-order valence-corrected chi connectivity index (χ0v) is 9.12. The number of hydrogen-bond donors (Lipinski definition) is 0. The molecule has 2 heterocycles. The molecule has 3 rings (SSSR count). The first kappa shape index (κ1) is 8.41. The van der Waals surface area contributed by atoms with Crippen LogP contribution in [0.3, 0.4) is 0 Å². The highest BCUT2D eigenvalue weighted by Crippen LogP contribution is 2.37. The minimum atomic E-state index is 0.524. The average Bonchev–Trinajstić information content (AvgIpc) is 2.46. The van der Waals surface area contributed by atoms with E-state index in [1.165, 1.54) is 19.3 Å². The summed E-state index contributed by atoms with van der Waals surface area (Å²) in [6.07, 6.45) is 5.41. The van der Waals surface area contributed by atoms with Gasteiger partial charge in [-0.05, 0) is 34.8 Å². The number of rotatable bonds is 1. The van der Waals surface area contributed by atoms with Crippen LogP contribution in [0.15, 0.2) is 21.2 Å². The van der Waals surface area contributed by atoms with Crippen LogP contribution in [-0.4, -0.2) is 9.97 Å². The number of hydrogen-bond acceptors (Lipinski definition) is 3. The highest BCUT2D eigenvalue weighted by atomic mass is 79.9. The molecule has 3 nitrogen and oxygen atoms in total. The molecule has 1 fully saturated rings. The Kier molecular flexibility index (Phi) is 1.83. The standard InChI is InChI=1S/C10H9BrN2O/c11-7-4-5-12-10-8(7)13-9(14-10)6-2-1-3-6/h4-6H,1-3H2. The maximum Gasteiger partial charge on any atom is 0.248 e. The summed E-state index contributed by atoms with van der Waals surface area (Å²) < 4.78 is 6.56. The van der Waals surface area contributed by atoms with Crippen LogP contribution < -0.4 is 0 Å². The van der Waals surface area contributed by atoms with Crippen molar-refractivity contribution in [2.24, 2.45) is 0 Å². The second-order valence-electron chi connectivity index (χ2n) is 3.63. The van der Waals surface area contributed by atoms with E-state index in [1.54, 1.807) is 6.20 Å². The van der Waals surface area contributed by atoms with Crippen molar-refractivity contribution in [3.8, 4) is 0 Å². The first-order valence-electron chi connectivity index (χ1n) is 4.75. The lowest BCUT2D eigenvalue weighted by atomic mass is 9.85. The van der Waals surface area contributed by atoms with E-state index in [2.05, 4.69) is 25.9 Å². The van der Waals surface area contributed by atoms with E-state index in [1.807, 2.05) is 6.07 Å². The maximum absolute atomic E-state index is 5.60. The minimum Gasteiger partial charge on any atom is -0.422 e. The molecule has 0 spiro atoms. The Labute approximate surface area is 89.7 Å². The molecular formula is C10H9BrN2O. The van der Waals surface area contributed by atoms with Crippen LogP contribution in [0.1, 0.15) is 31.1 Å². The van der Waals surface area contributed by atoms with Gasteiger partial charge >= 0.3 is 0 Å². The molecule has 0 aromatic carbocycles. The van der Waals surface area contributed by atoms with Crippen LogP contribution >= 0.6 is 15.9 Å². The van der Waals surface area contributed by atoms with E-state index in [0.29, 0.717) is 11.6 Å².